The number of ketones is 1. The number of Topliss-reactive ketones (excluding diaryl/α,β-unsaturated/α-hetero) is 1. The van der Waals surface area contributed by atoms with Gasteiger partial charge in [0.05, 0.1) is 18.6 Å². The molecule has 0 aliphatic rings. The second-order valence-corrected chi connectivity index (χ2v) is 13.3. The van der Waals surface area contributed by atoms with Crippen molar-refractivity contribution in [3.63, 3.8) is 0 Å². The van der Waals surface area contributed by atoms with E-state index in [0.717, 1.165) is 0 Å². The van der Waals surface area contributed by atoms with Crippen molar-refractivity contribution in [3.05, 3.63) is 35.4 Å². The van der Waals surface area contributed by atoms with Gasteiger partial charge in [0.15, 0.2) is 5.78 Å². The topological polar surface area (TPSA) is 183 Å². The van der Waals surface area contributed by atoms with Gasteiger partial charge in [-0.05, 0) is 63.0 Å². The minimum Gasteiger partial charge on any atom is -0.390 e. The highest BCUT2D eigenvalue weighted by molar-refractivity contribution is 6.01. The molecule has 0 fully saturated rings. The monoisotopic (exact) mass is 659 g/mol. The lowest BCUT2D eigenvalue weighted by Crippen LogP contribution is -2.57. The van der Waals surface area contributed by atoms with Crippen LogP contribution in [0.2, 0.25) is 0 Å². The van der Waals surface area contributed by atoms with Gasteiger partial charge in [0.2, 0.25) is 23.6 Å². The zero-order valence-corrected chi connectivity index (χ0v) is 29.6. The Morgan fingerprint density at radius 3 is 1.87 bits per heavy atom. The first-order valence-corrected chi connectivity index (χ1v) is 16.8. The molecule has 0 spiro atoms. The number of nitrogens with one attached hydrogen (secondary N) is 5. The third kappa shape index (κ3) is 14.7. The third-order valence-corrected chi connectivity index (χ3v) is 7.60. The summed E-state index contributed by atoms with van der Waals surface area (Å²) < 4.78 is 0. The Labute approximate surface area is 280 Å². The van der Waals surface area contributed by atoms with Gasteiger partial charge < -0.3 is 31.7 Å². The van der Waals surface area contributed by atoms with Crippen LogP contribution in [0.3, 0.4) is 0 Å². The quantitative estimate of drug-likeness (QED) is 0.116. The fourth-order valence-electron chi connectivity index (χ4n) is 5.14. The maximum Gasteiger partial charge on any atom is 0.251 e. The fraction of sp³-hybridized carbons (Fsp3) is 0.657. The molecular formula is C35H57N5O7. The molecule has 0 aliphatic heterocycles. The largest absolute Gasteiger partial charge is 0.390 e. The summed E-state index contributed by atoms with van der Waals surface area (Å²) in [7, 11) is 0. The van der Waals surface area contributed by atoms with Crippen molar-refractivity contribution in [2.75, 3.05) is 6.54 Å². The van der Waals surface area contributed by atoms with E-state index in [-0.39, 0.29) is 41.4 Å². The highest BCUT2D eigenvalue weighted by atomic mass is 16.3. The number of carbonyl (C=O) groups is 6. The molecule has 12 nitrogen and oxygen atoms in total. The fourth-order valence-corrected chi connectivity index (χ4v) is 5.14. The zero-order chi connectivity index (χ0) is 35.8. The van der Waals surface area contributed by atoms with Gasteiger partial charge in [0.25, 0.3) is 5.91 Å². The molecule has 0 unspecified atom stereocenters. The molecule has 0 aromatic heterocycles. The first-order chi connectivity index (χ1) is 22.0. The summed E-state index contributed by atoms with van der Waals surface area (Å²) in [5.74, 6) is -2.68. The Morgan fingerprint density at radius 2 is 1.34 bits per heavy atom. The average Bonchev–Trinajstić information content (AvgIpc) is 2.98. The summed E-state index contributed by atoms with van der Waals surface area (Å²) in [6.07, 6.45) is -0.0511. The lowest BCUT2D eigenvalue weighted by Gasteiger charge is -2.29. The van der Waals surface area contributed by atoms with Crippen molar-refractivity contribution >= 4 is 35.3 Å². The molecule has 1 aromatic rings. The predicted octanol–water partition coefficient (Wildman–Crippen LogP) is 2.88. The number of rotatable bonds is 20. The average molecular weight is 660 g/mol. The summed E-state index contributed by atoms with van der Waals surface area (Å²) in [4.78, 5) is 77.2. The van der Waals surface area contributed by atoms with Gasteiger partial charge >= 0.3 is 0 Å². The number of hydrogen-bond donors (Lipinski definition) is 6. The lowest BCUT2D eigenvalue weighted by molar-refractivity contribution is -0.132. The highest BCUT2D eigenvalue weighted by Gasteiger charge is 2.32. The molecule has 0 heterocycles. The van der Waals surface area contributed by atoms with Crippen molar-refractivity contribution in [3.8, 4) is 0 Å². The number of aliphatic hydroxyl groups excluding tert-OH is 1. The summed E-state index contributed by atoms with van der Waals surface area (Å²) in [5, 5.41) is 24.9. The zero-order valence-electron chi connectivity index (χ0n) is 29.6. The third-order valence-electron chi connectivity index (χ3n) is 7.60. The summed E-state index contributed by atoms with van der Waals surface area (Å²) in [5.41, 5.74) is 0.613. The molecule has 0 saturated carbocycles. The van der Waals surface area contributed by atoms with Crippen LogP contribution in [-0.2, 0) is 19.2 Å². The molecular weight excluding hydrogens is 602 g/mol. The van der Waals surface area contributed by atoms with Crippen molar-refractivity contribution in [2.45, 2.75) is 125 Å². The minimum atomic E-state index is -1.25. The summed E-state index contributed by atoms with van der Waals surface area (Å²) in [6.45, 7) is 16.8. The van der Waals surface area contributed by atoms with E-state index >= 15 is 0 Å². The van der Waals surface area contributed by atoms with Crippen LogP contribution in [0.4, 0.5) is 0 Å². The first kappa shape index (κ1) is 41.2. The lowest BCUT2D eigenvalue weighted by atomic mass is 9.95. The molecule has 0 saturated heterocycles. The number of hydrogen-bond acceptors (Lipinski definition) is 7. The van der Waals surface area contributed by atoms with Gasteiger partial charge in [-0.3, -0.25) is 28.8 Å². The molecule has 264 valence electrons. The SMILES string of the molecule is CCC[C@H](NC(=O)[C@H](CC(C)C)NC(=O)c1cccc(C(C)=O)c1)C(=O)N[C@@H](CC(C)C)[C@@H](O)CC(=O)N[C@H](C(=O)NCC)C(C)C. The second-order valence-electron chi connectivity index (χ2n) is 13.3. The van der Waals surface area contributed by atoms with Crippen LogP contribution in [0.1, 0.15) is 115 Å². The van der Waals surface area contributed by atoms with Crippen molar-refractivity contribution in [1.82, 2.24) is 26.6 Å². The maximum atomic E-state index is 13.6. The van der Waals surface area contributed by atoms with Crippen LogP contribution in [0.25, 0.3) is 0 Å². The maximum absolute atomic E-state index is 13.6. The summed E-state index contributed by atoms with van der Waals surface area (Å²) >= 11 is 0. The van der Waals surface area contributed by atoms with E-state index in [1.165, 1.54) is 13.0 Å². The number of benzene rings is 1. The standard InChI is InChI=1S/C35H57N5O7/c1-10-13-26(37-34(46)28(17-21(5)6)39-32(44)25-15-12-14-24(18-25)23(9)41)33(45)38-27(16-20(3)4)29(42)19-30(43)40-31(22(7)8)35(47)36-11-2/h12,14-15,18,20-22,26-29,31,42H,10-11,13,16-17,19H2,1-9H3,(H,36,47)(H,37,46)(H,38,45)(H,39,44)(H,40,43)/t26-,27-,28-,29-,31-/m0/s1. The Hall–Kier alpha value is -3.80. The molecule has 5 amide bonds. The molecule has 47 heavy (non-hydrogen) atoms. The second kappa shape index (κ2) is 20.4. The van der Waals surface area contributed by atoms with E-state index in [1.807, 2.05) is 48.5 Å². The number of likely N-dealkylation sites (N-methyl/N-ethyl adjacent to an activating group) is 1. The van der Waals surface area contributed by atoms with E-state index in [9.17, 15) is 33.9 Å². The van der Waals surface area contributed by atoms with E-state index in [1.54, 1.807) is 25.1 Å². The molecule has 0 bridgehead atoms. The highest BCUT2D eigenvalue weighted by Crippen LogP contribution is 2.14. The van der Waals surface area contributed by atoms with E-state index in [0.29, 0.717) is 37.8 Å². The molecule has 6 N–H and O–H groups in total. The van der Waals surface area contributed by atoms with Crippen LogP contribution in [0.15, 0.2) is 24.3 Å². The molecule has 5 atom stereocenters. The molecule has 0 radical (unpaired) electrons. The first-order valence-electron chi connectivity index (χ1n) is 16.8. The van der Waals surface area contributed by atoms with Crippen molar-refractivity contribution in [1.29, 1.82) is 0 Å². The Kier molecular flexibility index (Phi) is 17.9. The van der Waals surface area contributed by atoms with Crippen LogP contribution >= 0.6 is 0 Å². The Balaban J connectivity index is 3.09. The normalized spacial score (nSPS) is 14.5. The molecule has 1 aromatic carbocycles. The van der Waals surface area contributed by atoms with Gasteiger partial charge in [0, 0.05) is 17.7 Å². The van der Waals surface area contributed by atoms with E-state index in [2.05, 4.69) is 26.6 Å². The molecule has 12 heteroatoms. The van der Waals surface area contributed by atoms with E-state index in [4.69, 9.17) is 0 Å². The van der Waals surface area contributed by atoms with Gasteiger partial charge in [0.1, 0.15) is 18.1 Å². The predicted molar refractivity (Wildman–Crippen MR) is 181 cm³/mol. The summed E-state index contributed by atoms with van der Waals surface area (Å²) in [6, 6.07) is 2.76. The Morgan fingerprint density at radius 1 is 0.745 bits per heavy atom. The van der Waals surface area contributed by atoms with Crippen molar-refractivity contribution in [2.24, 2.45) is 17.8 Å². The van der Waals surface area contributed by atoms with Crippen LogP contribution in [0, 0.1) is 17.8 Å². The minimum absolute atomic E-state index is 0.0353. The van der Waals surface area contributed by atoms with Crippen LogP contribution in [0.5, 0.6) is 0 Å². The molecule has 1 rings (SSSR count). The van der Waals surface area contributed by atoms with Gasteiger partial charge in [-0.1, -0.05) is 67.0 Å². The van der Waals surface area contributed by atoms with Crippen LogP contribution < -0.4 is 26.6 Å². The molecule has 0 aliphatic carbocycles. The number of carbonyl (C=O) groups excluding carboxylic acids is 6. The number of aliphatic hydroxyl groups is 1. The van der Waals surface area contributed by atoms with Gasteiger partial charge in [-0.15, -0.1) is 0 Å². The Bertz CT molecular complexity index is 1220. The smallest absolute Gasteiger partial charge is 0.251 e. The number of amides is 5. The van der Waals surface area contributed by atoms with E-state index < -0.39 is 53.9 Å². The van der Waals surface area contributed by atoms with Gasteiger partial charge in [-0.2, -0.15) is 0 Å². The van der Waals surface area contributed by atoms with Crippen molar-refractivity contribution < 1.29 is 33.9 Å². The van der Waals surface area contributed by atoms with Gasteiger partial charge in [-0.25, -0.2) is 0 Å². The van der Waals surface area contributed by atoms with Crippen LogP contribution in [-0.4, -0.2) is 77.2 Å².